The molecule has 6 nitrogen and oxygen atoms in total. The molecule has 26 heavy (non-hydrogen) atoms. The Balaban J connectivity index is 1.56. The van der Waals surface area contributed by atoms with E-state index >= 15 is 0 Å². The highest BCUT2D eigenvalue weighted by molar-refractivity contribution is 5.56. The van der Waals surface area contributed by atoms with Gasteiger partial charge < -0.3 is 29.6 Å². The first-order chi connectivity index (χ1) is 12.9. The predicted molar refractivity (Wildman–Crippen MR) is 102 cm³/mol. The molecular weight excluding hydrogens is 332 g/mol. The summed E-state index contributed by atoms with van der Waals surface area (Å²) >= 11 is 0. The van der Waals surface area contributed by atoms with Crippen LogP contribution in [-0.2, 0) is 9.47 Å². The van der Waals surface area contributed by atoms with Crippen LogP contribution in [0.2, 0.25) is 0 Å². The molecule has 0 saturated carbocycles. The Kier molecular flexibility index (Phi) is 7.43. The van der Waals surface area contributed by atoms with Crippen LogP contribution < -0.4 is 20.1 Å². The van der Waals surface area contributed by atoms with E-state index in [-0.39, 0.29) is 0 Å². The van der Waals surface area contributed by atoms with Crippen LogP contribution in [0.3, 0.4) is 0 Å². The molecule has 2 aromatic rings. The summed E-state index contributed by atoms with van der Waals surface area (Å²) in [6.07, 6.45) is 0. The van der Waals surface area contributed by atoms with Gasteiger partial charge in [-0.05, 0) is 24.3 Å². The van der Waals surface area contributed by atoms with Gasteiger partial charge in [0.1, 0.15) is 24.7 Å². The Hall–Kier alpha value is -2.44. The van der Waals surface area contributed by atoms with Gasteiger partial charge >= 0.3 is 0 Å². The molecule has 0 fully saturated rings. The Morgan fingerprint density at radius 2 is 1.00 bits per heavy atom. The fraction of sp³-hybridized carbons (Fsp3) is 0.400. The van der Waals surface area contributed by atoms with Crippen molar-refractivity contribution < 1.29 is 18.9 Å². The summed E-state index contributed by atoms with van der Waals surface area (Å²) in [6, 6.07) is 15.8. The number of benzene rings is 2. The van der Waals surface area contributed by atoms with Crippen LogP contribution in [-0.4, -0.2) is 52.7 Å². The van der Waals surface area contributed by atoms with Crippen molar-refractivity contribution in [1.82, 2.24) is 0 Å². The first-order valence-electron chi connectivity index (χ1n) is 9.00. The Bertz CT molecular complexity index is 554. The molecule has 0 aromatic heterocycles. The smallest absolute Gasteiger partial charge is 0.142 e. The zero-order chi connectivity index (χ0) is 17.9. The molecule has 3 rings (SSSR count). The largest absolute Gasteiger partial charge is 0.489 e. The van der Waals surface area contributed by atoms with Gasteiger partial charge in [-0.25, -0.2) is 0 Å². The summed E-state index contributed by atoms with van der Waals surface area (Å²) in [5.41, 5.74) is 1.92. The molecule has 1 heterocycles. The van der Waals surface area contributed by atoms with Gasteiger partial charge in [0.2, 0.25) is 0 Å². The molecule has 6 heteroatoms. The van der Waals surface area contributed by atoms with Crippen molar-refractivity contribution >= 4 is 11.4 Å². The lowest BCUT2D eigenvalue weighted by molar-refractivity contribution is 0.105. The lowest BCUT2D eigenvalue weighted by Gasteiger charge is -2.16. The Morgan fingerprint density at radius 1 is 0.538 bits per heavy atom. The normalized spacial score (nSPS) is 16.9. The molecular formula is C20H26N2O4. The van der Waals surface area contributed by atoms with Gasteiger partial charge in [-0.1, -0.05) is 24.3 Å². The highest BCUT2D eigenvalue weighted by atomic mass is 16.5. The predicted octanol–water partition coefficient (Wildman–Crippen LogP) is 3.02. The first-order valence-corrected chi connectivity index (χ1v) is 9.00. The zero-order valence-corrected chi connectivity index (χ0v) is 14.9. The summed E-state index contributed by atoms with van der Waals surface area (Å²) in [7, 11) is 0. The van der Waals surface area contributed by atoms with Crippen LogP contribution >= 0.6 is 0 Å². The summed E-state index contributed by atoms with van der Waals surface area (Å²) in [5.74, 6) is 1.65. The lowest BCUT2D eigenvalue weighted by atomic mass is 10.3. The van der Waals surface area contributed by atoms with Gasteiger partial charge in [0.05, 0.1) is 37.8 Å². The number of hydrogen-bond donors (Lipinski definition) is 2. The Morgan fingerprint density at radius 3 is 1.50 bits per heavy atom. The molecule has 0 unspecified atom stereocenters. The van der Waals surface area contributed by atoms with Gasteiger partial charge in [0, 0.05) is 13.1 Å². The van der Waals surface area contributed by atoms with Crippen molar-refractivity contribution in [3.05, 3.63) is 48.5 Å². The maximum atomic E-state index is 5.82. The van der Waals surface area contributed by atoms with E-state index in [4.69, 9.17) is 18.9 Å². The lowest BCUT2D eigenvalue weighted by Crippen LogP contribution is -2.17. The summed E-state index contributed by atoms with van der Waals surface area (Å²) < 4.78 is 22.9. The van der Waals surface area contributed by atoms with Crippen LogP contribution in [0.4, 0.5) is 11.4 Å². The van der Waals surface area contributed by atoms with E-state index < -0.39 is 0 Å². The molecule has 0 atom stereocenters. The average molecular weight is 358 g/mol. The van der Waals surface area contributed by atoms with Crippen LogP contribution in [0.1, 0.15) is 0 Å². The molecule has 0 saturated heterocycles. The van der Waals surface area contributed by atoms with Crippen LogP contribution in [0.15, 0.2) is 48.5 Å². The molecule has 2 aromatic carbocycles. The highest BCUT2D eigenvalue weighted by Crippen LogP contribution is 2.24. The van der Waals surface area contributed by atoms with E-state index in [9.17, 15) is 0 Å². The zero-order valence-electron chi connectivity index (χ0n) is 14.9. The summed E-state index contributed by atoms with van der Waals surface area (Å²) in [5, 5.41) is 6.68. The molecule has 0 radical (unpaired) electrons. The molecule has 1 aliphatic rings. The monoisotopic (exact) mass is 358 g/mol. The molecule has 0 bridgehead atoms. The van der Waals surface area contributed by atoms with Crippen LogP contribution in [0.5, 0.6) is 11.5 Å². The minimum atomic E-state index is 0.509. The van der Waals surface area contributed by atoms with Crippen LogP contribution in [0.25, 0.3) is 0 Å². The van der Waals surface area contributed by atoms with E-state index in [1.165, 1.54) is 0 Å². The standard InChI is InChI=1S/C20H26N2O4/c1-3-7-19-17(5-1)21-9-11-23-14-16-26-20-8-4-2-6-18(20)22-10-12-24-13-15-25-19/h1-8,21-22H,9-16H2. The third kappa shape index (κ3) is 5.82. The maximum Gasteiger partial charge on any atom is 0.142 e. The number of rotatable bonds is 0. The quantitative estimate of drug-likeness (QED) is 0.755. The second kappa shape index (κ2) is 10.5. The highest BCUT2D eigenvalue weighted by Gasteiger charge is 2.05. The number of fused-ring (bicyclic) bond motifs is 2. The molecule has 0 amide bonds. The third-order valence-corrected chi connectivity index (χ3v) is 3.87. The van der Waals surface area contributed by atoms with E-state index in [2.05, 4.69) is 10.6 Å². The van der Waals surface area contributed by atoms with Gasteiger partial charge in [-0.2, -0.15) is 0 Å². The van der Waals surface area contributed by atoms with Crippen molar-refractivity contribution in [2.45, 2.75) is 0 Å². The SMILES string of the molecule is c1ccc2c(c1)NCCOCCOc1ccccc1NCCOCCO2. The molecule has 140 valence electrons. The van der Waals surface area contributed by atoms with E-state index in [1.807, 2.05) is 48.5 Å². The van der Waals surface area contributed by atoms with Crippen LogP contribution in [0, 0.1) is 0 Å². The number of hydrogen-bond acceptors (Lipinski definition) is 6. The number of nitrogens with one attached hydrogen (secondary N) is 2. The second-order valence-electron chi connectivity index (χ2n) is 5.77. The fourth-order valence-electron chi connectivity index (χ4n) is 2.62. The minimum Gasteiger partial charge on any atom is -0.489 e. The Labute approximate surface area is 154 Å². The molecule has 0 aliphatic carbocycles. The van der Waals surface area contributed by atoms with Crippen molar-refractivity contribution in [3.8, 4) is 11.5 Å². The number of para-hydroxylation sites is 4. The topological polar surface area (TPSA) is 61.0 Å². The van der Waals surface area contributed by atoms with E-state index in [0.717, 1.165) is 22.9 Å². The van der Waals surface area contributed by atoms with Gasteiger partial charge in [0.25, 0.3) is 0 Å². The second-order valence-corrected chi connectivity index (χ2v) is 5.77. The number of ether oxygens (including phenoxy) is 4. The van der Waals surface area contributed by atoms with E-state index in [1.54, 1.807) is 0 Å². The van der Waals surface area contributed by atoms with Gasteiger partial charge in [-0.15, -0.1) is 0 Å². The minimum absolute atomic E-state index is 0.509. The summed E-state index contributed by atoms with van der Waals surface area (Å²) in [4.78, 5) is 0. The third-order valence-electron chi connectivity index (χ3n) is 3.87. The number of anilines is 2. The molecule has 0 spiro atoms. The molecule has 1 aliphatic heterocycles. The average Bonchev–Trinajstić information content (AvgIpc) is 2.68. The van der Waals surface area contributed by atoms with E-state index in [0.29, 0.717) is 52.7 Å². The summed E-state index contributed by atoms with van der Waals surface area (Å²) in [6.45, 7) is 4.70. The van der Waals surface area contributed by atoms with Crippen molar-refractivity contribution in [2.75, 3.05) is 63.4 Å². The maximum absolute atomic E-state index is 5.82. The van der Waals surface area contributed by atoms with Gasteiger partial charge in [0.15, 0.2) is 0 Å². The molecule has 2 N–H and O–H groups in total. The van der Waals surface area contributed by atoms with Gasteiger partial charge in [-0.3, -0.25) is 0 Å². The van der Waals surface area contributed by atoms with Crippen molar-refractivity contribution in [2.24, 2.45) is 0 Å². The van der Waals surface area contributed by atoms with Crippen molar-refractivity contribution in [3.63, 3.8) is 0 Å². The first kappa shape index (κ1) is 18.4. The fourth-order valence-corrected chi connectivity index (χ4v) is 2.62. The van der Waals surface area contributed by atoms with Crippen molar-refractivity contribution in [1.29, 1.82) is 0 Å².